The molecule has 1 fully saturated rings. The summed E-state index contributed by atoms with van der Waals surface area (Å²) in [6, 6.07) is 15.0. The maximum absolute atomic E-state index is 4.62. The molecule has 2 aliphatic heterocycles. The van der Waals surface area contributed by atoms with Gasteiger partial charge in [-0.05, 0) is 41.8 Å². The average molecular weight is 547 g/mol. The number of benzene rings is 1. The second-order valence-corrected chi connectivity index (χ2v) is 8.14. The van der Waals surface area contributed by atoms with E-state index in [9.17, 15) is 0 Å². The summed E-state index contributed by atoms with van der Waals surface area (Å²) in [7, 11) is 1.87. The number of nitrogens with zero attached hydrogens (tertiary/aromatic N) is 5. The summed E-state index contributed by atoms with van der Waals surface area (Å²) in [5.41, 5.74) is 3.99. The van der Waals surface area contributed by atoms with Crippen molar-refractivity contribution in [3.8, 4) is 0 Å². The predicted octanol–water partition coefficient (Wildman–Crippen LogP) is 3.71. The summed E-state index contributed by atoms with van der Waals surface area (Å²) in [4.78, 5) is 16.3. The van der Waals surface area contributed by atoms with E-state index in [4.69, 9.17) is 0 Å². The fourth-order valence-corrected chi connectivity index (χ4v) is 4.33. The minimum Gasteiger partial charge on any atom is -0.354 e. The first-order valence-corrected chi connectivity index (χ1v) is 11.4. The number of aliphatic imine (C=N–C) groups is 1. The van der Waals surface area contributed by atoms with Crippen LogP contribution in [0.4, 0.5) is 5.82 Å². The Morgan fingerprint density at radius 2 is 1.84 bits per heavy atom. The molecule has 7 heteroatoms. The number of nitrogens with one attached hydrogen (secondary N) is 1. The lowest BCUT2D eigenvalue weighted by Gasteiger charge is -2.35. The van der Waals surface area contributed by atoms with E-state index in [1.165, 1.54) is 16.7 Å². The SMILES string of the molecule is CCN1CCN(c2cc(CNC(=NC)N3CC=C(c4ccccc4)CC3)ccn2)CC1.I. The lowest BCUT2D eigenvalue weighted by Crippen LogP contribution is -2.46. The van der Waals surface area contributed by atoms with Gasteiger partial charge in [-0.1, -0.05) is 43.3 Å². The van der Waals surface area contributed by atoms with Crippen molar-refractivity contribution in [3.05, 3.63) is 65.9 Å². The van der Waals surface area contributed by atoms with Gasteiger partial charge in [-0.25, -0.2) is 4.98 Å². The highest BCUT2D eigenvalue weighted by Crippen LogP contribution is 2.22. The Morgan fingerprint density at radius 3 is 2.50 bits per heavy atom. The van der Waals surface area contributed by atoms with Crippen molar-refractivity contribution >= 4 is 41.3 Å². The van der Waals surface area contributed by atoms with Crippen molar-refractivity contribution in [2.24, 2.45) is 4.99 Å². The zero-order chi connectivity index (χ0) is 21.5. The molecule has 1 aromatic heterocycles. The molecule has 0 bridgehead atoms. The minimum absolute atomic E-state index is 0. The Hall–Kier alpha value is -2.13. The number of hydrogen-bond acceptors (Lipinski definition) is 4. The molecule has 1 saturated heterocycles. The molecule has 1 N–H and O–H groups in total. The van der Waals surface area contributed by atoms with Crippen LogP contribution in [0.5, 0.6) is 0 Å². The molecule has 0 spiro atoms. The third kappa shape index (κ3) is 6.22. The maximum Gasteiger partial charge on any atom is 0.194 e. The molecule has 0 saturated carbocycles. The quantitative estimate of drug-likeness (QED) is 0.352. The zero-order valence-corrected chi connectivity index (χ0v) is 21.5. The van der Waals surface area contributed by atoms with Crippen LogP contribution in [0.15, 0.2) is 59.7 Å². The number of anilines is 1. The van der Waals surface area contributed by atoms with Crippen LogP contribution in [0, 0.1) is 0 Å². The highest BCUT2D eigenvalue weighted by atomic mass is 127. The smallest absolute Gasteiger partial charge is 0.194 e. The molecular weight excluding hydrogens is 511 g/mol. The minimum atomic E-state index is 0. The Labute approximate surface area is 209 Å². The molecule has 3 heterocycles. The number of hydrogen-bond donors (Lipinski definition) is 1. The van der Waals surface area contributed by atoms with Gasteiger partial charge in [0.25, 0.3) is 0 Å². The number of piperazine rings is 1. The highest BCUT2D eigenvalue weighted by molar-refractivity contribution is 14.0. The second-order valence-electron chi connectivity index (χ2n) is 8.14. The number of halogens is 1. The molecule has 4 rings (SSSR count). The highest BCUT2D eigenvalue weighted by Gasteiger charge is 2.18. The Morgan fingerprint density at radius 1 is 1.06 bits per heavy atom. The molecule has 0 amide bonds. The van der Waals surface area contributed by atoms with E-state index in [2.05, 4.69) is 85.5 Å². The molecule has 0 unspecified atom stereocenters. The van der Waals surface area contributed by atoms with E-state index in [1.807, 2.05) is 13.2 Å². The topological polar surface area (TPSA) is 47.0 Å². The number of guanidine groups is 1. The molecule has 6 nitrogen and oxygen atoms in total. The Bertz CT molecular complexity index is 906. The van der Waals surface area contributed by atoms with Crippen molar-refractivity contribution in [1.29, 1.82) is 0 Å². The summed E-state index contributed by atoms with van der Waals surface area (Å²) in [5, 5.41) is 3.55. The van der Waals surface area contributed by atoms with Crippen LogP contribution in [-0.2, 0) is 6.54 Å². The van der Waals surface area contributed by atoms with Crippen LogP contribution in [0.3, 0.4) is 0 Å². The van der Waals surface area contributed by atoms with Crippen molar-refractivity contribution in [2.45, 2.75) is 19.9 Å². The summed E-state index contributed by atoms with van der Waals surface area (Å²) in [5.74, 6) is 2.04. The number of rotatable bonds is 5. The molecule has 32 heavy (non-hydrogen) atoms. The summed E-state index contributed by atoms with van der Waals surface area (Å²) < 4.78 is 0. The van der Waals surface area contributed by atoms with E-state index in [1.54, 1.807) is 0 Å². The lowest BCUT2D eigenvalue weighted by molar-refractivity contribution is 0.270. The van der Waals surface area contributed by atoms with Gasteiger partial charge in [0.1, 0.15) is 5.82 Å². The first-order valence-electron chi connectivity index (χ1n) is 11.4. The van der Waals surface area contributed by atoms with E-state index >= 15 is 0 Å². The van der Waals surface area contributed by atoms with Crippen molar-refractivity contribution in [3.63, 3.8) is 0 Å². The van der Waals surface area contributed by atoms with Gasteiger partial charge in [0.05, 0.1) is 0 Å². The number of aromatic nitrogens is 1. The van der Waals surface area contributed by atoms with Crippen LogP contribution >= 0.6 is 24.0 Å². The van der Waals surface area contributed by atoms with E-state index < -0.39 is 0 Å². The van der Waals surface area contributed by atoms with Gasteiger partial charge >= 0.3 is 0 Å². The molecule has 172 valence electrons. The van der Waals surface area contributed by atoms with Crippen molar-refractivity contribution in [1.82, 2.24) is 20.1 Å². The summed E-state index contributed by atoms with van der Waals surface area (Å²) >= 11 is 0. The van der Waals surface area contributed by atoms with Gasteiger partial charge in [-0.15, -0.1) is 24.0 Å². The molecule has 0 atom stereocenters. The molecule has 2 aromatic rings. The fourth-order valence-electron chi connectivity index (χ4n) is 4.33. The van der Waals surface area contributed by atoms with E-state index in [-0.39, 0.29) is 24.0 Å². The molecule has 0 radical (unpaired) electrons. The number of likely N-dealkylation sites (N-methyl/N-ethyl adjacent to an activating group) is 1. The Balaban J connectivity index is 0.00000289. The van der Waals surface area contributed by atoms with Crippen LogP contribution < -0.4 is 10.2 Å². The summed E-state index contributed by atoms with van der Waals surface area (Å²) in [6.07, 6.45) is 5.29. The van der Waals surface area contributed by atoms with Crippen molar-refractivity contribution < 1.29 is 0 Å². The first kappa shape index (κ1) is 24.5. The van der Waals surface area contributed by atoms with Gasteiger partial charge < -0.3 is 20.0 Å². The first-order chi connectivity index (χ1) is 15.3. The van der Waals surface area contributed by atoms with Gasteiger partial charge in [0.15, 0.2) is 5.96 Å². The number of pyridine rings is 1. The normalized spacial score (nSPS) is 17.6. The third-order valence-electron chi connectivity index (χ3n) is 6.27. The van der Waals surface area contributed by atoms with Crippen molar-refractivity contribution in [2.75, 3.05) is 57.8 Å². The van der Waals surface area contributed by atoms with E-state index in [0.717, 1.165) is 70.6 Å². The fraction of sp³-hybridized carbons (Fsp3) is 0.440. The summed E-state index contributed by atoms with van der Waals surface area (Å²) in [6.45, 7) is 10.3. The average Bonchev–Trinajstić information content (AvgIpc) is 2.85. The predicted molar refractivity (Wildman–Crippen MR) is 145 cm³/mol. The standard InChI is InChI=1S/C25H34N6.HI/c1-3-29-15-17-30(18-16-29)24-19-21(9-12-27-24)20-28-25(26-2)31-13-10-23(11-14-31)22-7-5-4-6-8-22;/h4-10,12,19H,3,11,13-18,20H2,1-2H3,(H,26,28);1H. The molecular formula is C25H35IN6. The molecule has 0 aliphatic carbocycles. The van der Waals surface area contributed by atoms with Crippen LogP contribution in [0.25, 0.3) is 5.57 Å². The third-order valence-corrected chi connectivity index (χ3v) is 6.27. The van der Waals surface area contributed by atoms with Crippen LogP contribution in [-0.4, -0.2) is 73.6 Å². The van der Waals surface area contributed by atoms with E-state index in [0.29, 0.717) is 0 Å². The zero-order valence-electron chi connectivity index (χ0n) is 19.2. The maximum atomic E-state index is 4.62. The van der Waals surface area contributed by atoms with Crippen LogP contribution in [0.2, 0.25) is 0 Å². The monoisotopic (exact) mass is 546 g/mol. The largest absolute Gasteiger partial charge is 0.354 e. The van der Waals surface area contributed by atoms with Crippen LogP contribution in [0.1, 0.15) is 24.5 Å². The molecule has 2 aliphatic rings. The molecule has 1 aromatic carbocycles. The second kappa shape index (κ2) is 12.2. The van der Waals surface area contributed by atoms with Gasteiger partial charge in [-0.3, -0.25) is 4.99 Å². The Kier molecular flexibility index (Phi) is 9.35. The van der Waals surface area contributed by atoms with Gasteiger partial charge in [0, 0.05) is 59.1 Å². The van der Waals surface area contributed by atoms with Gasteiger partial charge in [-0.2, -0.15) is 0 Å². The lowest BCUT2D eigenvalue weighted by atomic mass is 10.00. The van der Waals surface area contributed by atoms with Gasteiger partial charge in [0.2, 0.25) is 0 Å².